The summed E-state index contributed by atoms with van der Waals surface area (Å²) in [6.07, 6.45) is -0.356. The van der Waals surface area contributed by atoms with E-state index in [-0.39, 0.29) is 27.0 Å². The molecule has 0 spiro atoms. The van der Waals surface area contributed by atoms with Gasteiger partial charge in [0, 0.05) is 21.6 Å². The molecule has 40 heavy (non-hydrogen) atoms. The third-order valence-electron chi connectivity index (χ3n) is 4.96. The van der Waals surface area contributed by atoms with E-state index in [4.69, 9.17) is 9.47 Å². The number of nitrogens with one attached hydrogen (secondary N) is 2. The van der Waals surface area contributed by atoms with E-state index in [1.54, 1.807) is 65.8 Å². The van der Waals surface area contributed by atoms with E-state index in [1.807, 2.05) is 0 Å². The van der Waals surface area contributed by atoms with E-state index in [2.05, 4.69) is 15.0 Å². The van der Waals surface area contributed by atoms with Crippen LogP contribution in [-0.4, -0.2) is 39.8 Å². The van der Waals surface area contributed by atoms with Gasteiger partial charge in [-0.1, -0.05) is 6.07 Å². The predicted molar refractivity (Wildman–Crippen MR) is 155 cm³/mol. The molecule has 0 aliphatic rings. The number of carbonyl (C=O) groups is 3. The lowest BCUT2D eigenvalue weighted by atomic mass is 10.1. The maximum Gasteiger partial charge on any atom is 0.442 e. The van der Waals surface area contributed by atoms with Crippen LogP contribution in [0.4, 0.5) is 25.4 Å². The number of rotatable bonds is 5. The highest BCUT2D eigenvalue weighted by atomic mass is 32.2. The Hall–Kier alpha value is -3.77. The number of nitrogens with zero attached hydrogens (tertiary/aromatic N) is 1. The molecular weight excluding hydrogens is 557 g/mol. The van der Waals surface area contributed by atoms with E-state index in [9.17, 15) is 23.0 Å². The molecule has 1 heterocycles. The molecule has 2 N–H and O–H groups in total. The molecule has 3 amide bonds. The second-order valence-electron chi connectivity index (χ2n) is 10.8. The number of halogens is 1. The van der Waals surface area contributed by atoms with Crippen LogP contribution in [0.2, 0.25) is 0 Å². The van der Waals surface area contributed by atoms with Crippen LogP contribution >= 0.6 is 11.3 Å². The highest BCUT2D eigenvalue weighted by Gasteiger charge is 2.20. The van der Waals surface area contributed by atoms with Gasteiger partial charge in [-0.15, -0.1) is 15.7 Å². The zero-order valence-corrected chi connectivity index (χ0v) is 24.9. The van der Waals surface area contributed by atoms with Gasteiger partial charge in [0.1, 0.15) is 11.2 Å². The van der Waals surface area contributed by atoms with Crippen LogP contribution in [0.3, 0.4) is 0 Å². The van der Waals surface area contributed by atoms with Crippen molar-refractivity contribution in [2.75, 3.05) is 16.9 Å². The van der Waals surface area contributed by atoms with E-state index >= 15 is 0 Å². The monoisotopic (exact) mass is 589 g/mol. The Morgan fingerprint density at radius 2 is 1.48 bits per heavy atom. The topological polar surface area (TPSA) is 123 Å². The van der Waals surface area contributed by atoms with Crippen LogP contribution in [0.1, 0.15) is 51.9 Å². The fourth-order valence-electron chi connectivity index (χ4n) is 3.32. The van der Waals surface area contributed by atoms with Crippen LogP contribution in [0.5, 0.6) is 0 Å². The quantitative estimate of drug-likeness (QED) is 0.317. The van der Waals surface area contributed by atoms with Crippen LogP contribution in [0.25, 0.3) is 10.4 Å². The van der Waals surface area contributed by atoms with E-state index in [1.165, 1.54) is 36.6 Å². The lowest BCUT2D eigenvalue weighted by Crippen LogP contribution is -2.27. The number of amides is 3. The first-order chi connectivity index (χ1) is 18.4. The molecule has 9 nitrogen and oxygen atoms in total. The standard InChI is InChI=1S/C28H32FN3O6S2/c1-27(2,3)37-25(34)31-20-13-10-18(22-14-15-23(29)39-22)16-21(20)30-24(33)17-8-11-19(12-9-17)40(7,36)32-26(35)38-28(4,5)6/h8-16H,1-7H3,(H,30,33)(H,31,34)/t40-/m0/s1. The van der Waals surface area contributed by atoms with Crippen molar-refractivity contribution in [2.24, 2.45) is 4.36 Å². The number of thiophene rings is 1. The van der Waals surface area contributed by atoms with Crippen molar-refractivity contribution in [3.63, 3.8) is 0 Å². The average molecular weight is 590 g/mol. The Morgan fingerprint density at radius 1 is 0.850 bits per heavy atom. The summed E-state index contributed by atoms with van der Waals surface area (Å²) < 4.78 is 40.8. The van der Waals surface area contributed by atoms with Gasteiger partial charge in [0.25, 0.3) is 5.91 Å². The van der Waals surface area contributed by atoms with Gasteiger partial charge in [0.2, 0.25) is 0 Å². The van der Waals surface area contributed by atoms with E-state index < -0.39 is 39.0 Å². The number of benzene rings is 2. The molecule has 0 saturated carbocycles. The normalized spacial score (nSPS) is 13.1. The molecule has 214 valence electrons. The minimum absolute atomic E-state index is 0.215. The molecule has 12 heteroatoms. The third-order valence-corrected chi connectivity index (χ3v) is 7.52. The van der Waals surface area contributed by atoms with Gasteiger partial charge in [0.15, 0.2) is 5.13 Å². The summed E-state index contributed by atoms with van der Waals surface area (Å²) >= 11 is 0.943. The number of anilines is 2. The summed E-state index contributed by atoms with van der Waals surface area (Å²) in [5.41, 5.74) is -0.157. The molecule has 1 aromatic heterocycles. The second-order valence-corrected chi connectivity index (χ2v) is 14.1. The second kappa shape index (κ2) is 11.8. The van der Waals surface area contributed by atoms with Gasteiger partial charge < -0.3 is 14.8 Å². The number of hydrogen-bond donors (Lipinski definition) is 2. The average Bonchev–Trinajstić information content (AvgIpc) is 3.23. The largest absolute Gasteiger partial charge is 0.444 e. The molecule has 3 aromatic rings. The smallest absolute Gasteiger partial charge is 0.442 e. The Kier molecular flexibility index (Phi) is 9.05. The van der Waals surface area contributed by atoms with Crippen LogP contribution in [0, 0.1) is 5.13 Å². The molecule has 2 aromatic carbocycles. The molecule has 0 unspecified atom stereocenters. The van der Waals surface area contributed by atoms with Crippen molar-refractivity contribution in [3.8, 4) is 10.4 Å². The number of carbonyl (C=O) groups excluding carboxylic acids is 3. The van der Waals surface area contributed by atoms with Gasteiger partial charge in [-0.2, -0.15) is 4.39 Å². The molecule has 0 saturated heterocycles. The minimum atomic E-state index is -3.12. The molecule has 0 bridgehead atoms. The van der Waals surface area contributed by atoms with Crippen LogP contribution < -0.4 is 10.6 Å². The maximum atomic E-state index is 13.6. The molecule has 0 aliphatic carbocycles. The molecule has 0 fully saturated rings. The summed E-state index contributed by atoms with van der Waals surface area (Å²) in [6.45, 7) is 10.2. The van der Waals surface area contributed by atoms with Gasteiger partial charge in [-0.25, -0.2) is 13.8 Å². The van der Waals surface area contributed by atoms with Crippen molar-refractivity contribution in [1.82, 2.24) is 0 Å². The van der Waals surface area contributed by atoms with Crippen molar-refractivity contribution >= 4 is 50.5 Å². The van der Waals surface area contributed by atoms with Crippen molar-refractivity contribution in [3.05, 3.63) is 65.3 Å². The van der Waals surface area contributed by atoms with E-state index in [0.29, 0.717) is 10.4 Å². The summed E-state index contributed by atoms with van der Waals surface area (Å²) in [6, 6.07) is 13.6. The number of ether oxygens (including phenoxy) is 2. The Bertz CT molecular complexity index is 1540. The fourth-order valence-corrected chi connectivity index (χ4v) is 5.12. The summed E-state index contributed by atoms with van der Waals surface area (Å²) in [5.74, 6) is -0.528. The molecule has 3 rings (SSSR count). The fraction of sp³-hybridized carbons (Fsp3) is 0.321. The lowest BCUT2D eigenvalue weighted by Gasteiger charge is -2.21. The van der Waals surface area contributed by atoms with Crippen molar-refractivity contribution in [2.45, 2.75) is 57.6 Å². The summed E-state index contributed by atoms with van der Waals surface area (Å²) in [5, 5.41) is 5.03. The molecule has 0 radical (unpaired) electrons. The van der Waals surface area contributed by atoms with Gasteiger partial charge >= 0.3 is 12.2 Å². The van der Waals surface area contributed by atoms with Crippen LogP contribution in [-0.2, 0) is 19.2 Å². The zero-order valence-electron chi connectivity index (χ0n) is 23.3. The highest BCUT2D eigenvalue weighted by Crippen LogP contribution is 2.33. The highest BCUT2D eigenvalue weighted by molar-refractivity contribution is 7.93. The molecule has 1 atom stereocenters. The maximum absolute atomic E-state index is 13.6. The SMILES string of the molecule is CC(C)(C)OC(=O)N=[S@@](C)(=O)c1ccc(C(=O)Nc2cc(-c3ccc(F)s3)ccc2NC(=O)OC(C)(C)C)cc1. The Morgan fingerprint density at radius 3 is 2.02 bits per heavy atom. The third kappa shape index (κ3) is 8.88. The van der Waals surface area contributed by atoms with Gasteiger partial charge in [0.05, 0.1) is 21.1 Å². The van der Waals surface area contributed by atoms with Gasteiger partial charge in [-0.3, -0.25) is 10.1 Å². The first-order valence-corrected chi connectivity index (χ1v) is 14.9. The zero-order chi connectivity index (χ0) is 29.9. The van der Waals surface area contributed by atoms with E-state index in [0.717, 1.165) is 11.3 Å². The number of hydrogen-bond acceptors (Lipinski definition) is 7. The predicted octanol–water partition coefficient (Wildman–Crippen LogP) is 7.55. The van der Waals surface area contributed by atoms with Gasteiger partial charge in [-0.05, 0) is 95.6 Å². The van der Waals surface area contributed by atoms with Crippen LogP contribution in [0.15, 0.2) is 63.9 Å². The van der Waals surface area contributed by atoms with Crippen molar-refractivity contribution < 1.29 is 32.5 Å². The molecule has 0 aliphatic heterocycles. The van der Waals surface area contributed by atoms with Crippen molar-refractivity contribution in [1.29, 1.82) is 0 Å². The molecular formula is C28H32FN3O6S2. The first kappa shape index (κ1) is 30.8. The summed E-state index contributed by atoms with van der Waals surface area (Å²) in [7, 11) is -3.12. The minimum Gasteiger partial charge on any atom is -0.444 e. The summed E-state index contributed by atoms with van der Waals surface area (Å²) in [4.78, 5) is 38.5. The Labute approximate surface area is 237 Å². The lowest BCUT2D eigenvalue weighted by molar-refractivity contribution is 0.0603. The Balaban J connectivity index is 1.88. The first-order valence-electron chi connectivity index (χ1n) is 12.2.